The normalized spacial score (nSPS) is 11.3. The van der Waals surface area contributed by atoms with Crippen LogP contribution in [0, 0.1) is 5.82 Å². The number of hydrogen-bond acceptors (Lipinski definition) is 2. The van der Waals surface area contributed by atoms with Gasteiger partial charge < -0.3 is 0 Å². The zero-order valence-corrected chi connectivity index (χ0v) is 8.19. The topological polar surface area (TPSA) is 34.1 Å². The first-order chi connectivity index (χ1) is 7.27. The fourth-order valence-electron chi connectivity index (χ4n) is 1.05. The summed E-state index contributed by atoms with van der Waals surface area (Å²) in [4.78, 5) is 21.0. The van der Waals surface area contributed by atoms with E-state index in [4.69, 9.17) is 11.6 Å². The lowest BCUT2D eigenvalue weighted by molar-refractivity contribution is -0.140. The van der Waals surface area contributed by atoms with Gasteiger partial charge in [0.2, 0.25) is 0 Å². The first kappa shape index (κ1) is 12.6. The molecule has 0 amide bonds. The summed E-state index contributed by atoms with van der Waals surface area (Å²) in [5.41, 5.74) is -3.14. The summed E-state index contributed by atoms with van der Waals surface area (Å²) in [6.07, 6.45) is -5.11. The van der Waals surface area contributed by atoms with Crippen molar-refractivity contribution in [2.45, 2.75) is 6.18 Å². The van der Waals surface area contributed by atoms with Crippen LogP contribution < -0.4 is 0 Å². The largest absolute Gasteiger partial charge is 0.419 e. The molecule has 0 aromatic heterocycles. The van der Waals surface area contributed by atoms with E-state index in [0.29, 0.717) is 6.07 Å². The van der Waals surface area contributed by atoms with Crippen LogP contribution in [-0.4, -0.2) is 11.5 Å². The summed E-state index contributed by atoms with van der Waals surface area (Å²) in [6.45, 7) is 0. The van der Waals surface area contributed by atoms with Gasteiger partial charge in [0.05, 0.1) is 11.1 Å². The van der Waals surface area contributed by atoms with Gasteiger partial charge >= 0.3 is 6.18 Å². The molecule has 0 atom stereocenters. The number of benzene rings is 1. The molecule has 16 heavy (non-hydrogen) atoms. The molecule has 0 saturated carbocycles. The SMILES string of the molecule is O=Cc1cc(C(=O)Cl)cc(C(F)(F)F)c1F. The third-order valence-corrected chi connectivity index (χ3v) is 1.98. The fraction of sp³-hybridized carbons (Fsp3) is 0.111. The molecule has 0 aliphatic heterocycles. The summed E-state index contributed by atoms with van der Waals surface area (Å²) in [7, 11) is 0. The van der Waals surface area contributed by atoms with Gasteiger partial charge in [-0.1, -0.05) is 0 Å². The molecule has 0 N–H and O–H groups in total. The van der Waals surface area contributed by atoms with Gasteiger partial charge in [-0.3, -0.25) is 9.59 Å². The van der Waals surface area contributed by atoms with Crippen molar-refractivity contribution in [1.29, 1.82) is 0 Å². The van der Waals surface area contributed by atoms with Gasteiger partial charge in [0, 0.05) is 5.56 Å². The van der Waals surface area contributed by atoms with Crippen LogP contribution in [0.25, 0.3) is 0 Å². The molecule has 0 radical (unpaired) electrons. The Morgan fingerprint density at radius 2 is 1.88 bits per heavy atom. The fourth-order valence-corrected chi connectivity index (χ4v) is 1.16. The molecule has 2 nitrogen and oxygen atoms in total. The molecule has 86 valence electrons. The van der Waals surface area contributed by atoms with E-state index in [9.17, 15) is 27.2 Å². The predicted octanol–water partition coefficient (Wildman–Crippen LogP) is 3.04. The standard InChI is InChI=1S/C9H3ClF4O2/c10-8(16)4-1-5(3-15)7(11)6(2-4)9(12,13)14/h1-3H. The Bertz CT molecular complexity index is 454. The van der Waals surface area contributed by atoms with Crippen LogP contribution in [0.4, 0.5) is 17.6 Å². The van der Waals surface area contributed by atoms with Crippen molar-refractivity contribution in [2.24, 2.45) is 0 Å². The van der Waals surface area contributed by atoms with Crippen LogP contribution in [0.5, 0.6) is 0 Å². The van der Waals surface area contributed by atoms with Crippen molar-refractivity contribution in [3.63, 3.8) is 0 Å². The van der Waals surface area contributed by atoms with E-state index >= 15 is 0 Å². The van der Waals surface area contributed by atoms with E-state index in [-0.39, 0.29) is 12.4 Å². The van der Waals surface area contributed by atoms with Crippen molar-refractivity contribution >= 4 is 23.1 Å². The van der Waals surface area contributed by atoms with Crippen LogP contribution >= 0.6 is 11.6 Å². The Kier molecular flexibility index (Phi) is 3.32. The first-order valence-corrected chi connectivity index (χ1v) is 4.21. The van der Waals surface area contributed by atoms with Gasteiger partial charge in [-0.05, 0) is 23.7 Å². The van der Waals surface area contributed by atoms with Gasteiger partial charge in [-0.2, -0.15) is 13.2 Å². The molecule has 0 fully saturated rings. The highest BCUT2D eigenvalue weighted by Gasteiger charge is 2.36. The second kappa shape index (κ2) is 4.21. The minimum absolute atomic E-state index is 0.117. The Morgan fingerprint density at radius 1 is 1.31 bits per heavy atom. The summed E-state index contributed by atoms with van der Waals surface area (Å²) < 4.78 is 50.0. The Hall–Kier alpha value is -1.43. The highest BCUT2D eigenvalue weighted by molar-refractivity contribution is 6.67. The Labute approximate surface area is 91.8 Å². The second-order valence-electron chi connectivity index (χ2n) is 2.82. The van der Waals surface area contributed by atoms with Gasteiger partial charge in [0.1, 0.15) is 5.82 Å². The van der Waals surface area contributed by atoms with Gasteiger partial charge in [-0.15, -0.1) is 0 Å². The average Bonchev–Trinajstić information content (AvgIpc) is 2.15. The molecular formula is C9H3ClF4O2. The number of hydrogen-bond donors (Lipinski definition) is 0. The summed E-state index contributed by atoms with van der Waals surface area (Å²) in [6, 6.07) is 0.921. The lowest BCUT2D eigenvalue weighted by atomic mass is 10.1. The van der Waals surface area contributed by atoms with E-state index < -0.39 is 33.9 Å². The molecule has 0 saturated heterocycles. The lowest BCUT2D eigenvalue weighted by Gasteiger charge is -2.10. The number of rotatable bonds is 2. The molecule has 7 heteroatoms. The molecule has 0 spiro atoms. The van der Waals surface area contributed by atoms with Crippen molar-refractivity contribution in [1.82, 2.24) is 0 Å². The smallest absolute Gasteiger partial charge is 0.298 e. The molecule has 0 bridgehead atoms. The van der Waals surface area contributed by atoms with Gasteiger partial charge in [0.25, 0.3) is 5.24 Å². The number of aldehydes is 1. The summed E-state index contributed by atoms with van der Waals surface area (Å²) in [5, 5.41) is -1.20. The quantitative estimate of drug-likeness (QED) is 0.462. The van der Waals surface area contributed by atoms with Gasteiger partial charge in [-0.25, -0.2) is 4.39 Å². The van der Waals surface area contributed by atoms with E-state index in [1.54, 1.807) is 0 Å². The van der Waals surface area contributed by atoms with Crippen molar-refractivity contribution in [3.05, 3.63) is 34.6 Å². The van der Waals surface area contributed by atoms with Crippen LogP contribution in [0.15, 0.2) is 12.1 Å². The van der Waals surface area contributed by atoms with Crippen molar-refractivity contribution in [2.75, 3.05) is 0 Å². The molecule has 0 aliphatic rings. The maximum absolute atomic E-state index is 13.1. The predicted molar refractivity (Wildman–Crippen MR) is 47.0 cm³/mol. The van der Waals surface area contributed by atoms with E-state index in [2.05, 4.69) is 0 Å². The highest BCUT2D eigenvalue weighted by Crippen LogP contribution is 2.33. The van der Waals surface area contributed by atoms with Crippen LogP contribution in [0.2, 0.25) is 0 Å². The minimum atomic E-state index is -5.00. The monoisotopic (exact) mass is 254 g/mol. The molecule has 1 rings (SSSR count). The first-order valence-electron chi connectivity index (χ1n) is 3.83. The number of halogens is 5. The molecule has 0 aliphatic carbocycles. The van der Waals surface area contributed by atoms with Crippen LogP contribution in [-0.2, 0) is 6.18 Å². The van der Waals surface area contributed by atoms with E-state index in [1.807, 2.05) is 0 Å². The lowest BCUT2D eigenvalue weighted by Crippen LogP contribution is -2.11. The average molecular weight is 255 g/mol. The van der Waals surface area contributed by atoms with Crippen LogP contribution in [0.3, 0.4) is 0 Å². The number of carbonyl (C=O) groups is 2. The number of carbonyl (C=O) groups excluding carboxylic acids is 2. The number of alkyl halides is 3. The van der Waals surface area contributed by atoms with Crippen molar-refractivity contribution < 1.29 is 27.2 Å². The molecule has 1 aromatic carbocycles. The highest BCUT2D eigenvalue weighted by atomic mass is 35.5. The Balaban J connectivity index is 3.54. The third kappa shape index (κ3) is 2.38. The zero-order valence-electron chi connectivity index (χ0n) is 7.44. The molecule has 0 heterocycles. The molecule has 1 aromatic rings. The molecular weight excluding hydrogens is 252 g/mol. The third-order valence-electron chi connectivity index (χ3n) is 1.76. The Morgan fingerprint density at radius 3 is 2.25 bits per heavy atom. The van der Waals surface area contributed by atoms with Crippen molar-refractivity contribution in [3.8, 4) is 0 Å². The van der Waals surface area contributed by atoms with Gasteiger partial charge in [0.15, 0.2) is 6.29 Å². The summed E-state index contributed by atoms with van der Waals surface area (Å²) in [5.74, 6) is -1.72. The molecule has 0 unspecified atom stereocenters. The van der Waals surface area contributed by atoms with E-state index in [0.717, 1.165) is 0 Å². The minimum Gasteiger partial charge on any atom is -0.298 e. The summed E-state index contributed by atoms with van der Waals surface area (Å²) >= 11 is 4.96. The van der Waals surface area contributed by atoms with Crippen LogP contribution in [0.1, 0.15) is 26.3 Å². The maximum Gasteiger partial charge on any atom is 0.419 e. The van der Waals surface area contributed by atoms with E-state index in [1.165, 1.54) is 0 Å². The second-order valence-corrected chi connectivity index (χ2v) is 3.16. The maximum atomic E-state index is 13.1. The zero-order chi connectivity index (χ0) is 12.5.